The topological polar surface area (TPSA) is 130 Å². The zero-order valence-electron chi connectivity index (χ0n) is 20.2. The summed E-state index contributed by atoms with van der Waals surface area (Å²) in [5.74, 6) is 0.523. The van der Waals surface area contributed by atoms with Gasteiger partial charge >= 0.3 is 0 Å². The molecule has 0 aromatic carbocycles. The van der Waals surface area contributed by atoms with Crippen molar-refractivity contribution in [3.8, 4) is 11.5 Å². The normalized spacial score (nSPS) is 17.7. The third-order valence-electron chi connectivity index (χ3n) is 6.22. The lowest BCUT2D eigenvalue weighted by Gasteiger charge is -2.25. The van der Waals surface area contributed by atoms with E-state index in [4.69, 9.17) is 19.1 Å². The van der Waals surface area contributed by atoms with Gasteiger partial charge in [0.15, 0.2) is 22.3 Å². The molecule has 194 valence electrons. The maximum Gasteiger partial charge on any atom is 0.277 e. The van der Waals surface area contributed by atoms with Crippen LogP contribution in [0.15, 0.2) is 35.1 Å². The first-order chi connectivity index (χ1) is 17.5. The highest BCUT2D eigenvalue weighted by atomic mass is 32.1. The number of nitrogens with one attached hydrogen (secondary N) is 1. The quantitative estimate of drug-likeness (QED) is 0.389. The lowest BCUT2D eigenvalue weighted by Crippen LogP contribution is -2.36. The molecule has 2 aliphatic rings. The minimum absolute atomic E-state index is 0. The van der Waals surface area contributed by atoms with E-state index in [2.05, 4.69) is 20.2 Å². The first-order valence-electron chi connectivity index (χ1n) is 11.8. The van der Waals surface area contributed by atoms with E-state index >= 15 is 0 Å². The molecule has 11 nitrogen and oxygen atoms in total. The molecule has 4 aromatic heterocycles. The first-order valence-corrected chi connectivity index (χ1v) is 12.6. The number of anilines is 3. The first kappa shape index (κ1) is 25.4. The number of aromatic nitrogens is 4. The highest BCUT2D eigenvalue weighted by molar-refractivity contribution is 7.59. The average Bonchev–Trinajstić information content (AvgIpc) is 3.63. The van der Waals surface area contributed by atoms with Crippen LogP contribution >= 0.6 is 24.8 Å². The van der Waals surface area contributed by atoms with Crippen molar-refractivity contribution in [1.29, 1.82) is 0 Å². The number of carbonyl (C=O) groups excluding carboxylic acids is 1. The number of aryl methyl sites for hydroxylation is 1. The second-order valence-corrected chi connectivity index (χ2v) is 9.85. The van der Waals surface area contributed by atoms with Gasteiger partial charge in [-0.05, 0) is 31.5 Å². The molecule has 2 N–H and O–H groups in total. The van der Waals surface area contributed by atoms with Crippen LogP contribution < -0.4 is 15.1 Å². The number of ether oxygens (including phenoxy) is 1. The molecular formula is C24H27N7O4S2. The van der Waals surface area contributed by atoms with Crippen LogP contribution in [0.25, 0.3) is 21.8 Å². The van der Waals surface area contributed by atoms with E-state index in [1.807, 2.05) is 24.0 Å². The monoisotopic (exact) mass is 541 g/mol. The number of pyridine rings is 2. The number of nitrogens with zero attached hydrogens (tertiary/aromatic N) is 6. The molecule has 1 atom stereocenters. The van der Waals surface area contributed by atoms with Crippen molar-refractivity contribution in [3.05, 3.63) is 42.0 Å². The van der Waals surface area contributed by atoms with Crippen LogP contribution in [0.3, 0.4) is 0 Å². The summed E-state index contributed by atoms with van der Waals surface area (Å²) in [7, 11) is 0. The van der Waals surface area contributed by atoms with Crippen LogP contribution in [-0.2, 0) is 4.74 Å². The molecule has 13 heteroatoms. The fraction of sp³-hybridized carbons (Fsp3) is 0.375. The Kier molecular flexibility index (Phi) is 7.29. The van der Waals surface area contributed by atoms with Crippen molar-refractivity contribution in [1.82, 2.24) is 19.9 Å². The number of amides is 1. The Bertz CT molecular complexity index is 1420. The van der Waals surface area contributed by atoms with Gasteiger partial charge in [0.05, 0.1) is 29.7 Å². The fourth-order valence-corrected chi connectivity index (χ4v) is 5.38. The van der Waals surface area contributed by atoms with Gasteiger partial charge in [-0.3, -0.25) is 9.78 Å². The van der Waals surface area contributed by atoms with Crippen LogP contribution in [0.5, 0.6) is 0 Å². The van der Waals surface area contributed by atoms with Crippen LogP contribution in [0.1, 0.15) is 22.6 Å². The third kappa shape index (κ3) is 5.25. The Balaban J connectivity index is 0.00000280. The number of carbonyl (C=O) groups is 1. The summed E-state index contributed by atoms with van der Waals surface area (Å²) in [5, 5.41) is 14.0. The number of aliphatic hydroxyl groups excluding tert-OH is 1. The molecule has 4 aromatic rings. The largest absolute Gasteiger partial charge is 0.444 e. The van der Waals surface area contributed by atoms with E-state index in [0.717, 1.165) is 34.2 Å². The molecule has 0 spiro atoms. The molecule has 0 saturated carbocycles. The predicted octanol–water partition coefficient (Wildman–Crippen LogP) is 2.82. The summed E-state index contributed by atoms with van der Waals surface area (Å²) in [6.07, 6.45) is 3.22. The minimum Gasteiger partial charge on any atom is -0.444 e. The van der Waals surface area contributed by atoms with Crippen molar-refractivity contribution < 1.29 is 19.1 Å². The Morgan fingerprint density at radius 2 is 2.00 bits per heavy atom. The molecule has 1 amide bonds. The van der Waals surface area contributed by atoms with E-state index in [9.17, 15) is 9.90 Å². The number of β-amino-alcohol motifs (C(OH)–C–C–N with tert-alkyl or cyclic N) is 1. The van der Waals surface area contributed by atoms with Gasteiger partial charge in [-0.1, -0.05) is 11.3 Å². The van der Waals surface area contributed by atoms with E-state index in [1.54, 1.807) is 12.3 Å². The van der Waals surface area contributed by atoms with Crippen LogP contribution in [0, 0.1) is 6.92 Å². The number of oxazole rings is 1. The van der Waals surface area contributed by atoms with Crippen LogP contribution in [0.2, 0.25) is 0 Å². The molecule has 2 fully saturated rings. The highest BCUT2D eigenvalue weighted by Gasteiger charge is 2.27. The number of rotatable bonds is 5. The van der Waals surface area contributed by atoms with Crippen molar-refractivity contribution in [2.24, 2.45) is 0 Å². The second kappa shape index (κ2) is 10.6. The Morgan fingerprint density at radius 1 is 1.16 bits per heavy atom. The molecule has 6 rings (SSSR count). The van der Waals surface area contributed by atoms with E-state index in [0.29, 0.717) is 55.8 Å². The number of thiazole rings is 1. The molecule has 0 radical (unpaired) electrons. The fourth-order valence-electron chi connectivity index (χ4n) is 4.38. The van der Waals surface area contributed by atoms with Gasteiger partial charge in [0.2, 0.25) is 5.89 Å². The van der Waals surface area contributed by atoms with Gasteiger partial charge in [-0.25, -0.2) is 9.97 Å². The van der Waals surface area contributed by atoms with Gasteiger partial charge in [-0.2, -0.15) is 18.5 Å². The van der Waals surface area contributed by atoms with Crippen molar-refractivity contribution >= 4 is 57.7 Å². The molecule has 0 unspecified atom stereocenters. The van der Waals surface area contributed by atoms with Crippen LogP contribution in [-0.4, -0.2) is 76.4 Å². The van der Waals surface area contributed by atoms with Gasteiger partial charge in [0, 0.05) is 43.6 Å². The molecule has 2 saturated heterocycles. The standard InChI is InChI=1S/C24H25N7O4S.H2S/c1-14-10-15(2-4-25-14)23-27-18(13-35-23)22(33)26-17-11-19-20(28-21(17)31-5-3-16(32)12-31)29-24(36-19)30-6-8-34-9-7-30;/h2,4,10-11,13,16,32H,3,5-9,12H2,1H3,(H,26,33);1H2/t16-;/m0./s1. The van der Waals surface area contributed by atoms with Crippen molar-refractivity contribution in [3.63, 3.8) is 0 Å². The maximum absolute atomic E-state index is 13.2. The second-order valence-electron chi connectivity index (χ2n) is 8.84. The molecule has 37 heavy (non-hydrogen) atoms. The van der Waals surface area contributed by atoms with E-state index in [-0.39, 0.29) is 19.2 Å². The summed E-state index contributed by atoms with van der Waals surface area (Å²) in [4.78, 5) is 35.4. The zero-order chi connectivity index (χ0) is 24.6. The summed E-state index contributed by atoms with van der Waals surface area (Å²) >= 11 is 1.53. The van der Waals surface area contributed by atoms with Crippen LogP contribution in [0.4, 0.5) is 16.6 Å². The minimum atomic E-state index is -0.438. The molecular weight excluding hydrogens is 514 g/mol. The van der Waals surface area contributed by atoms with Gasteiger partial charge in [-0.15, -0.1) is 0 Å². The number of hydrogen-bond acceptors (Lipinski definition) is 11. The summed E-state index contributed by atoms with van der Waals surface area (Å²) in [6.45, 7) is 5.85. The number of fused-ring (bicyclic) bond motifs is 1. The number of morpholine rings is 1. The highest BCUT2D eigenvalue weighted by Crippen LogP contribution is 2.36. The maximum atomic E-state index is 13.2. The van der Waals surface area contributed by atoms with Crippen molar-refractivity contribution in [2.75, 3.05) is 54.5 Å². The summed E-state index contributed by atoms with van der Waals surface area (Å²) < 4.78 is 11.9. The SMILES string of the molecule is Cc1cc(-c2nc(C(=O)Nc3cc4sc(N5CCOCC5)nc4nc3N3CC[C@H](O)C3)co2)ccn1.S. The predicted molar refractivity (Wildman–Crippen MR) is 146 cm³/mol. The van der Waals surface area contributed by atoms with Gasteiger partial charge in [0.1, 0.15) is 6.26 Å². The average molecular weight is 542 g/mol. The molecule has 0 bridgehead atoms. The summed E-state index contributed by atoms with van der Waals surface area (Å²) in [5.41, 5.74) is 2.90. The lowest BCUT2D eigenvalue weighted by molar-refractivity contribution is 0.102. The van der Waals surface area contributed by atoms with Gasteiger partial charge < -0.3 is 29.4 Å². The van der Waals surface area contributed by atoms with E-state index < -0.39 is 12.0 Å². The Labute approximate surface area is 224 Å². The Morgan fingerprint density at radius 3 is 2.76 bits per heavy atom. The zero-order valence-corrected chi connectivity index (χ0v) is 22.0. The molecule has 6 heterocycles. The summed E-state index contributed by atoms with van der Waals surface area (Å²) in [6, 6.07) is 5.53. The lowest BCUT2D eigenvalue weighted by atomic mass is 10.2. The van der Waals surface area contributed by atoms with Gasteiger partial charge in [0.25, 0.3) is 5.91 Å². The molecule has 0 aliphatic carbocycles. The van der Waals surface area contributed by atoms with Crippen molar-refractivity contribution in [2.45, 2.75) is 19.4 Å². The molecule has 2 aliphatic heterocycles. The number of aliphatic hydroxyl groups is 1. The van der Waals surface area contributed by atoms with E-state index in [1.165, 1.54) is 17.6 Å². The number of hydrogen-bond donors (Lipinski definition) is 2. The third-order valence-corrected chi connectivity index (χ3v) is 7.28. The Hall–Kier alpha value is -3.26. The smallest absolute Gasteiger partial charge is 0.277 e.